The summed E-state index contributed by atoms with van der Waals surface area (Å²) < 4.78 is 0. The molecule has 1 amide bonds. The van der Waals surface area contributed by atoms with Crippen LogP contribution in [0.1, 0.15) is 59.3 Å². The second-order valence-corrected chi connectivity index (χ2v) is 11.3. The SMILES string of the molecule is C.C[C@@H](C(=O)N(Cc1cccc(C#N)c1)C1Cc2ccccc2C1)N1CCc2ccccc2[C@@H]1c1ccccc1Cl. The lowest BCUT2D eigenvalue weighted by Crippen LogP contribution is -2.53. The van der Waals surface area contributed by atoms with E-state index in [9.17, 15) is 10.1 Å². The van der Waals surface area contributed by atoms with Crippen LogP contribution in [0.15, 0.2) is 97.1 Å². The largest absolute Gasteiger partial charge is 0.333 e. The van der Waals surface area contributed by atoms with Gasteiger partial charge in [0.2, 0.25) is 5.91 Å². The molecule has 4 aromatic rings. The van der Waals surface area contributed by atoms with Crippen LogP contribution < -0.4 is 0 Å². The van der Waals surface area contributed by atoms with Crippen molar-refractivity contribution in [2.45, 2.75) is 58.3 Å². The highest BCUT2D eigenvalue weighted by molar-refractivity contribution is 6.31. The molecule has 0 radical (unpaired) electrons. The maximum atomic E-state index is 14.6. The molecule has 4 nitrogen and oxygen atoms in total. The fraction of sp³-hybridized carbons (Fsp3) is 0.278. The summed E-state index contributed by atoms with van der Waals surface area (Å²) in [6.45, 7) is 3.28. The fourth-order valence-electron chi connectivity index (χ4n) is 6.51. The number of nitriles is 1. The molecule has 0 spiro atoms. The number of nitrogens with zero attached hydrogens (tertiary/aromatic N) is 3. The van der Waals surface area contributed by atoms with Crippen LogP contribution in [0.25, 0.3) is 0 Å². The number of carbonyl (C=O) groups is 1. The Morgan fingerprint density at radius 3 is 2.24 bits per heavy atom. The molecule has 2 aliphatic rings. The number of amides is 1. The highest BCUT2D eigenvalue weighted by Crippen LogP contribution is 2.40. The van der Waals surface area contributed by atoms with Gasteiger partial charge in [0.15, 0.2) is 0 Å². The minimum absolute atomic E-state index is 0. The zero-order valence-corrected chi connectivity index (χ0v) is 23.4. The second-order valence-electron chi connectivity index (χ2n) is 10.9. The molecule has 0 N–H and O–H groups in total. The quantitative estimate of drug-likeness (QED) is 0.247. The summed E-state index contributed by atoms with van der Waals surface area (Å²) in [5, 5.41) is 10.2. The molecule has 0 fully saturated rings. The van der Waals surface area contributed by atoms with Gasteiger partial charge < -0.3 is 4.90 Å². The van der Waals surface area contributed by atoms with Crippen LogP contribution in [0, 0.1) is 11.3 Å². The van der Waals surface area contributed by atoms with Crippen molar-refractivity contribution < 1.29 is 4.79 Å². The van der Waals surface area contributed by atoms with Gasteiger partial charge in [0, 0.05) is 24.2 Å². The van der Waals surface area contributed by atoms with E-state index in [0.29, 0.717) is 17.1 Å². The predicted octanol–water partition coefficient (Wildman–Crippen LogP) is 7.38. The second kappa shape index (κ2) is 12.3. The van der Waals surface area contributed by atoms with E-state index in [0.717, 1.165) is 36.9 Å². The summed E-state index contributed by atoms with van der Waals surface area (Å²) in [7, 11) is 0. The van der Waals surface area contributed by atoms with Crippen molar-refractivity contribution in [3.63, 3.8) is 0 Å². The highest BCUT2D eigenvalue weighted by atomic mass is 35.5. The Hall–Kier alpha value is -3.91. The van der Waals surface area contributed by atoms with Gasteiger partial charge in [-0.25, -0.2) is 0 Å². The molecule has 2 atom stereocenters. The number of hydrogen-bond acceptors (Lipinski definition) is 3. The average Bonchev–Trinajstić information content (AvgIpc) is 3.43. The Bertz CT molecular complexity index is 1570. The molecular formula is C36H36ClN3O. The van der Waals surface area contributed by atoms with Crippen molar-refractivity contribution in [1.29, 1.82) is 5.26 Å². The molecule has 41 heavy (non-hydrogen) atoms. The first-order valence-corrected chi connectivity index (χ1v) is 14.4. The van der Waals surface area contributed by atoms with Gasteiger partial charge in [0.1, 0.15) is 0 Å². The molecule has 6 rings (SSSR count). The van der Waals surface area contributed by atoms with Crippen molar-refractivity contribution in [2.75, 3.05) is 6.54 Å². The fourth-order valence-corrected chi connectivity index (χ4v) is 6.75. The first-order chi connectivity index (χ1) is 19.5. The number of benzene rings is 4. The lowest BCUT2D eigenvalue weighted by molar-refractivity contribution is -0.140. The molecule has 0 aromatic heterocycles. The monoisotopic (exact) mass is 561 g/mol. The Kier molecular flexibility index (Phi) is 8.59. The Morgan fingerprint density at radius 2 is 1.56 bits per heavy atom. The standard InChI is InChI=1S/C35H32ClN3O.CH4/c1-24(38-18-17-27-11-4-5-14-31(27)34(38)32-15-6-7-16-33(32)36)35(40)39(23-26-10-8-9-25(19-26)22-37)30-20-28-12-2-3-13-29(28)21-30;/h2-16,19,24,30,34H,17-18,20-21,23H2,1H3;1H4/t24-,34+;/m0./s1. The van der Waals surface area contributed by atoms with Gasteiger partial charge >= 0.3 is 0 Å². The van der Waals surface area contributed by atoms with E-state index in [4.69, 9.17) is 11.6 Å². The van der Waals surface area contributed by atoms with E-state index in [1.807, 2.05) is 49.4 Å². The third kappa shape index (κ3) is 5.66. The van der Waals surface area contributed by atoms with E-state index in [1.165, 1.54) is 22.3 Å². The lowest BCUT2D eigenvalue weighted by Gasteiger charge is -2.43. The summed E-state index contributed by atoms with van der Waals surface area (Å²) in [4.78, 5) is 19.0. The number of hydrogen-bond donors (Lipinski definition) is 0. The Morgan fingerprint density at radius 1 is 0.927 bits per heavy atom. The van der Waals surface area contributed by atoms with Crippen LogP contribution >= 0.6 is 11.6 Å². The summed E-state index contributed by atoms with van der Waals surface area (Å²) in [5.74, 6) is 0.108. The molecule has 0 saturated carbocycles. The molecule has 1 aliphatic carbocycles. The van der Waals surface area contributed by atoms with E-state index >= 15 is 0 Å². The minimum atomic E-state index is -0.363. The molecule has 4 aromatic carbocycles. The molecule has 0 bridgehead atoms. The summed E-state index contributed by atoms with van der Waals surface area (Å²) in [5.41, 5.74) is 7.75. The van der Waals surface area contributed by atoms with Crippen molar-refractivity contribution in [3.8, 4) is 6.07 Å². The Balaban J connectivity index is 0.00000337. The van der Waals surface area contributed by atoms with Gasteiger partial charge in [-0.1, -0.05) is 97.9 Å². The van der Waals surface area contributed by atoms with E-state index < -0.39 is 0 Å². The Labute approximate surface area is 248 Å². The van der Waals surface area contributed by atoms with Gasteiger partial charge in [-0.15, -0.1) is 0 Å². The summed E-state index contributed by atoms with van der Waals surface area (Å²) in [6, 6.07) is 34.5. The third-order valence-corrected chi connectivity index (χ3v) is 8.88. The number of rotatable bonds is 6. The van der Waals surface area contributed by atoms with Crippen LogP contribution in [0.5, 0.6) is 0 Å². The van der Waals surface area contributed by atoms with Gasteiger partial charge in [-0.2, -0.15) is 5.26 Å². The first kappa shape index (κ1) is 28.6. The molecule has 208 valence electrons. The molecule has 5 heteroatoms. The summed E-state index contributed by atoms with van der Waals surface area (Å²) in [6.07, 6.45) is 2.56. The average molecular weight is 562 g/mol. The zero-order chi connectivity index (χ0) is 27.6. The van der Waals surface area contributed by atoms with Gasteiger partial charge in [0.05, 0.1) is 23.7 Å². The minimum Gasteiger partial charge on any atom is -0.333 e. The summed E-state index contributed by atoms with van der Waals surface area (Å²) >= 11 is 6.78. The van der Waals surface area contributed by atoms with Crippen molar-refractivity contribution in [2.24, 2.45) is 0 Å². The van der Waals surface area contributed by atoms with Gasteiger partial charge in [-0.05, 0) is 77.8 Å². The smallest absolute Gasteiger partial charge is 0.240 e. The van der Waals surface area contributed by atoms with Crippen LogP contribution in [0.4, 0.5) is 0 Å². The van der Waals surface area contributed by atoms with E-state index in [2.05, 4.69) is 70.5 Å². The normalized spacial score (nSPS) is 17.0. The van der Waals surface area contributed by atoms with Gasteiger partial charge in [-0.3, -0.25) is 9.69 Å². The van der Waals surface area contributed by atoms with Crippen LogP contribution in [0.3, 0.4) is 0 Å². The molecule has 1 aliphatic heterocycles. The number of carbonyl (C=O) groups excluding carboxylic acids is 1. The molecular weight excluding hydrogens is 526 g/mol. The van der Waals surface area contributed by atoms with Crippen LogP contribution in [0.2, 0.25) is 5.02 Å². The molecule has 0 saturated heterocycles. The lowest BCUT2D eigenvalue weighted by atomic mass is 9.87. The third-order valence-electron chi connectivity index (χ3n) is 8.54. The van der Waals surface area contributed by atoms with Gasteiger partial charge in [0.25, 0.3) is 0 Å². The number of halogens is 1. The maximum absolute atomic E-state index is 14.6. The number of fused-ring (bicyclic) bond motifs is 2. The van der Waals surface area contributed by atoms with E-state index in [1.54, 1.807) is 0 Å². The topological polar surface area (TPSA) is 47.3 Å². The predicted molar refractivity (Wildman–Crippen MR) is 166 cm³/mol. The zero-order valence-electron chi connectivity index (χ0n) is 22.6. The van der Waals surface area contributed by atoms with Crippen molar-refractivity contribution in [3.05, 3.63) is 141 Å². The van der Waals surface area contributed by atoms with E-state index in [-0.39, 0.29) is 31.5 Å². The highest BCUT2D eigenvalue weighted by Gasteiger charge is 2.39. The molecule has 1 heterocycles. The maximum Gasteiger partial charge on any atom is 0.240 e. The van der Waals surface area contributed by atoms with Crippen LogP contribution in [-0.2, 0) is 30.6 Å². The van der Waals surface area contributed by atoms with Crippen molar-refractivity contribution in [1.82, 2.24) is 9.80 Å². The first-order valence-electron chi connectivity index (χ1n) is 14.0. The van der Waals surface area contributed by atoms with Crippen LogP contribution in [-0.4, -0.2) is 34.3 Å². The molecule has 0 unspecified atom stereocenters. The van der Waals surface area contributed by atoms with Crippen molar-refractivity contribution >= 4 is 17.5 Å².